The van der Waals surface area contributed by atoms with Gasteiger partial charge in [0, 0.05) is 30.8 Å². The summed E-state index contributed by atoms with van der Waals surface area (Å²) < 4.78 is 5.39. The lowest BCUT2D eigenvalue weighted by atomic mass is 10.1. The van der Waals surface area contributed by atoms with Crippen LogP contribution >= 0.6 is 0 Å². The number of nitrogens with zero attached hydrogens (tertiary/aromatic N) is 3. The van der Waals surface area contributed by atoms with E-state index in [1.165, 1.54) is 0 Å². The summed E-state index contributed by atoms with van der Waals surface area (Å²) in [6, 6.07) is 7.95. The van der Waals surface area contributed by atoms with Crippen LogP contribution in [0.4, 0.5) is 0 Å². The van der Waals surface area contributed by atoms with E-state index in [2.05, 4.69) is 27.1 Å². The SMILES string of the molecule is COc1ccccc1CN1CCc2[c]nc(C(N)=O)nc2C1. The Morgan fingerprint density at radius 1 is 1.45 bits per heavy atom. The molecule has 1 aromatic heterocycles. The monoisotopic (exact) mass is 297 g/mol. The molecule has 1 aliphatic heterocycles. The lowest BCUT2D eigenvalue weighted by Crippen LogP contribution is -2.32. The standard InChI is InChI=1S/C16H17N4O2/c1-22-14-5-3-2-4-12(14)9-20-7-6-11-8-18-16(15(17)21)19-13(11)10-20/h2-5H,6-7,9-10H2,1H3,(H2,17,21). The molecule has 0 spiro atoms. The number of primary amides is 1. The van der Waals surface area contributed by atoms with E-state index < -0.39 is 5.91 Å². The highest BCUT2D eigenvalue weighted by Gasteiger charge is 2.20. The Morgan fingerprint density at radius 3 is 3.05 bits per heavy atom. The third kappa shape index (κ3) is 2.92. The molecular weight excluding hydrogens is 280 g/mol. The highest BCUT2D eigenvalue weighted by molar-refractivity contribution is 5.88. The zero-order chi connectivity index (χ0) is 15.5. The molecule has 2 heterocycles. The molecule has 6 heteroatoms. The van der Waals surface area contributed by atoms with Crippen molar-refractivity contribution in [3.63, 3.8) is 0 Å². The van der Waals surface area contributed by atoms with Crippen molar-refractivity contribution in [1.82, 2.24) is 14.9 Å². The second-order valence-corrected chi connectivity index (χ2v) is 5.22. The molecule has 0 saturated carbocycles. The molecule has 0 fully saturated rings. The van der Waals surface area contributed by atoms with Crippen LogP contribution in [0, 0.1) is 6.20 Å². The van der Waals surface area contributed by atoms with E-state index >= 15 is 0 Å². The van der Waals surface area contributed by atoms with Crippen LogP contribution in [-0.2, 0) is 19.5 Å². The molecule has 1 amide bonds. The minimum absolute atomic E-state index is 0.0258. The first-order chi connectivity index (χ1) is 10.7. The van der Waals surface area contributed by atoms with Gasteiger partial charge in [0.15, 0.2) is 0 Å². The van der Waals surface area contributed by atoms with Crippen molar-refractivity contribution < 1.29 is 9.53 Å². The van der Waals surface area contributed by atoms with Crippen LogP contribution in [0.3, 0.4) is 0 Å². The van der Waals surface area contributed by atoms with Gasteiger partial charge >= 0.3 is 0 Å². The molecule has 0 unspecified atom stereocenters. The summed E-state index contributed by atoms with van der Waals surface area (Å²) in [6.45, 7) is 2.30. The fourth-order valence-corrected chi connectivity index (χ4v) is 2.62. The molecule has 3 rings (SSSR count). The van der Waals surface area contributed by atoms with E-state index in [9.17, 15) is 4.79 Å². The smallest absolute Gasteiger partial charge is 0.286 e. The second-order valence-electron chi connectivity index (χ2n) is 5.22. The Bertz CT molecular complexity index is 702. The third-order valence-electron chi connectivity index (χ3n) is 3.74. The minimum Gasteiger partial charge on any atom is -0.496 e. The van der Waals surface area contributed by atoms with Gasteiger partial charge in [0.2, 0.25) is 5.82 Å². The first-order valence-electron chi connectivity index (χ1n) is 7.09. The summed E-state index contributed by atoms with van der Waals surface area (Å²) in [4.78, 5) is 21.6. The Kier molecular flexibility index (Phi) is 4.02. The van der Waals surface area contributed by atoms with Gasteiger partial charge in [-0.3, -0.25) is 9.69 Å². The average molecular weight is 297 g/mol. The second kappa shape index (κ2) is 6.11. The van der Waals surface area contributed by atoms with Crippen LogP contribution in [0.5, 0.6) is 5.75 Å². The molecule has 0 saturated heterocycles. The quantitative estimate of drug-likeness (QED) is 0.908. The fourth-order valence-electron chi connectivity index (χ4n) is 2.62. The molecule has 6 nitrogen and oxygen atoms in total. The van der Waals surface area contributed by atoms with Crippen molar-refractivity contribution in [2.45, 2.75) is 19.5 Å². The van der Waals surface area contributed by atoms with Gasteiger partial charge in [-0.25, -0.2) is 9.97 Å². The molecule has 1 aromatic carbocycles. The Labute approximate surface area is 128 Å². The maximum atomic E-state index is 11.2. The number of carbonyl (C=O) groups excluding carboxylic acids is 1. The lowest BCUT2D eigenvalue weighted by Gasteiger charge is -2.28. The highest BCUT2D eigenvalue weighted by Crippen LogP contribution is 2.23. The van der Waals surface area contributed by atoms with E-state index in [1.54, 1.807) is 7.11 Å². The maximum Gasteiger partial charge on any atom is 0.286 e. The summed E-state index contributed by atoms with van der Waals surface area (Å²) in [5.74, 6) is 0.277. The number of hydrogen-bond acceptors (Lipinski definition) is 5. The number of rotatable bonds is 4. The number of carbonyl (C=O) groups is 1. The van der Waals surface area contributed by atoms with Crippen molar-refractivity contribution in [3.05, 3.63) is 53.1 Å². The van der Waals surface area contributed by atoms with E-state index in [0.29, 0.717) is 6.54 Å². The van der Waals surface area contributed by atoms with Crippen molar-refractivity contribution >= 4 is 5.91 Å². The van der Waals surface area contributed by atoms with Gasteiger partial charge in [-0.15, -0.1) is 0 Å². The van der Waals surface area contributed by atoms with E-state index in [1.807, 2.05) is 18.2 Å². The number of hydrogen-bond donors (Lipinski definition) is 1. The number of amides is 1. The number of nitrogens with two attached hydrogens (primary N) is 1. The minimum atomic E-state index is -0.624. The van der Waals surface area contributed by atoms with Crippen molar-refractivity contribution in [2.24, 2.45) is 5.73 Å². The van der Waals surface area contributed by atoms with E-state index in [4.69, 9.17) is 10.5 Å². The molecule has 2 aromatic rings. The molecule has 2 N–H and O–H groups in total. The first kappa shape index (κ1) is 14.5. The van der Waals surface area contributed by atoms with E-state index in [-0.39, 0.29) is 5.82 Å². The van der Waals surface area contributed by atoms with Gasteiger partial charge in [0.1, 0.15) is 5.75 Å². The van der Waals surface area contributed by atoms with Crippen LogP contribution in [0.1, 0.15) is 27.4 Å². The average Bonchev–Trinajstić information content (AvgIpc) is 2.54. The number of fused-ring (bicyclic) bond motifs is 1. The zero-order valence-electron chi connectivity index (χ0n) is 12.4. The van der Waals surface area contributed by atoms with Crippen LogP contribution < -0.4 is 10.5 Å². The van der Waals surface area contributed by atoms with Gasteiger partial charge in [0.05, 0.1) is 19.0 Å². The van der Waals surface area contributed by atoms with Gasteiger partial charge in [-0.05, 0) is 12.5 Å². The zero-order valence-corrected chi connectivity index (χ0v) is 12.4. The molecule has 0 bridgehead atoms. The molecule has 0 aliphatic carbocycles. The summed E-state index contributed by atoms with van der Waals surface area (Å²) in [5, 5.41) is 0. The van der Waals surface area contributed by atoms with Crippen LogP contribution in [0.2, 0.25) is 0 Å². The van der Waals surface area contributed by atoms with Crippen molar-refractivity contribution in [1.29, 1.82) is 0 Å². The number of ether oxygens (including phenoxy) is 1. The topological polar surface area (TPSA) is 81.3 Å². The Morgan fingerprint density at radius 2 is 2.27 bits per heavy atom. The van der Waals surface area contributed by atoms with Crippen molar-refractivity contribution in [3.8, 4) is 5.75 Å². The summed E-state index contributed by atoms with van der Waals surface area (Å²) >= 11 is 0. The van der Waals surface area contributed by atoms with Gasteiger partial charge in [-0.2, -0.15) is 0 Å². The summed E-state index contributed by atoms with van der Waals surface area (Å²) in [6.07, 6.45) is 3.69. The predicted octanol–water partition coefficient (Wildman–Crippen LogP) is 0.943. The number of benzene rings is 1. The highest BCUT2D eigenvalue weighted by atomic mass is 16.5. The van der Waals surface area contributed by atoms with Crippen molar-refractivity contribution in [2.75, 3.05) is 13.7 Å². The van der Waals surface area contributed by atoms with Crippen LogP contribution in [0.15, 0.2) is 24.3 Å². The van der Waals surface area contributed by atoms with Crippen LogP contribution in [0.25, 0.3) is 0 Å². The molecule has 1 aliphatic rings. The van der Waals surface area contributed by atoms with Gasteiger partial charge in [-0.1, -0.05) is 18.2 Å². The maximum absolute atomic E-state index is 11.2. The number of para-hydroxylation sites is 1. The fraction of sp³-hybridized carbons (Fsp3) is 0.312. The number of methoxy groups -OCH3 is 1. The molecule has 22 heavy (non-hydrogen) atoms. The molecule has 113 valence electrons. The van der Waals surface area contributed by atoms with E-state index in [0.717, 1.165) is 42.1 Å². The Hall–Kier alpha value is -2.47. The number of aromatic nitrogens is 2. The third-order valence-corrected chi connectivity index (χ3v) is 3.74. The Balaban J connectivity index is 1.79. The molecule has 0 atom stereocenters. The van der Waals surface area contributed by atoms with Crippen LogP contribution in [-0.4, -0.2) is 34.4 Å². The van der Waals surface area contributed by atoms with Gasteiger partial charge < -0.3 is 10.5 Å². The largest absolute Gasteiger partial charge is 0.496 e. The lowest BCUT2D eigenvalue weighted by molar-refractivity contribution is 0.0989. The normalized spacial score (nSPS) is 14.4. The predicted molar refractivity (Wildman–Crippen MR) is 80.2 cm³/mol. The molecule has 1 radical (unpaired) electrons. The van der Waals surface area contributed by atoms with Gasteiger partial charge in [0.25, 0.3) is 5.91 Å². The molecular formula is C16H17N4O2. The summed E-state index contributed by atoms with van der Waals surface area (Å²) in [5.41, 5.74) is 8.14. The first-order valence-corrected chi connectivity index (χ1v) is 7.09. The summed E-state index contributed by atoms with van der Waals surface area (Å²) in [7, 11) is 1.67.